The standard InChI is InChI=1S/C17H19ClO2/c1-16(2,3)17(15(19)20)10-9-13(11-14(17)18)12-7-5-4-6-8-12/h4-11,14H,1-3H3,(H,19,20). The predicted octanol–water partition coefficient (Wildman–Crippen LogP) is 4.36. The average Bonchev–Trinajstić information content (AvgIpc) is 2.37. The number of hydrogen-bond acceptors (Lipinski definition) is 1. The van der Waals surface area contributed by atoms with Gasteiger partial charge in [0.25, 0.3) is 0 Å². The predicted molar refractivity (Wildman–Crippen MR) is 82.7 cm³/mol. The van der Waals surface area contributed by atoms with E-state index in [-0.39, 0.29) is 0 Å². The molecule has 0 fully saturated rings. The van der Waals surface area contributed by atoms with E-state index in [1.54, 1.807) is 6.08 Å². The lowest BCUT2D eigenvalue weighted by molar-refractivity contribution is -0.151. The zero-order valence-corrected chi connectivity index (χ0v) is 12.7. The highest BCUT2D eigenvalue weighted by atomic mass is 35.5. The molecule has 0 radical (unpaired) electrons. The van der Waals surface area contributed by atoms with Crippen LogP contribution in [-0.2, 0) is 4.79 Å². The minimum atomic E-state index is -1.09. The van der Waals surface area contributed by atoms with Gasteiger partial charge >= 0.3 is 5.97 Å². The maximum Gasteiger partial charge on any atom is 0.315 e. The summed E-state index contributed by atoms with van der Waals surface area (Å²) in [6.07, 6.45) is 5.46. The highest BCUT2D eigenvalue weighted by Gasteiger charge is 2.52. The molecule has 106 valence electrons. The summed E-state index contributed by atoms with van der Waals surface area (Å²) >= 11 is 6.46. The third kappa shape index (κ3) is 2.29. The second kappa shape index (κ2) is 5.10. The summed E-state index contributed by atoms with van der Waals surface area (Å²) in [6, 6.07) is 9.84. The highest BCUT2D eigenvalue weighted by molar-refractivity contribution is 6.25. The van der Waals surface area contributed by atoms with Crippen LogP contribution in [0.3, 0.4) is 0 Å². The van der Waals surface area contributed by atoms with Gasteiger partial charge in [-0.1, -0.05) is 69.3 Å². The van der Waals surface area contributed by atoms with E-state index in [4.69, 9.17) is 11.6 Å². The molecule has 0 heterocycles. The van der Waals surface area contributed by atoms with Gasteiger partial charge in [0.15, 0.2) is 0 Å². The molecule has 20 heavy (non-hydrogen) atoms. The SMILES string of the molecule is CC(C)(C)C1(C(=O)O)C=CC(c2ccccc2)=CC1Cl. The van der Waals surface area contributed by atoms with Gasteiger partial charge in [-0.15, -0.1) is 11.6 Å². The summed E-state index contributed by atoms with van der Waals surface area (Å²) in [5, 5.41) is 9.10. The third-order valence-electron chi connectivity index (χ3n) is 3.99. The molecular formula is C17H19ClO2. The summed E-state index contributed by atoms with van der Waals surface area (Å²) in [5.41, 5.74) is 0.446. The molecule has 2 unspecified atom stereocenters. The van der Waals surface area contributed by atoms with Crippen LogP contribution < -0.4 is 0 Å². The van der Waals surface area contributed by atoms with Crippen LogP contribution in [0.1, 0.15) is 26.3 Å². The fourth-order valence-corrected chi connectivity index (χ4v) is 3.28. The van der Waals surface area contributed by atoms with Gasteiger partial charge in [0.1, 0.15) is 5.41 Å². The first-order valence-corrected chi connectivity index (χ1v) is 7.06. The number of carboxylic acids is 1. The molecule has 0 bridgehead atoms. The Kier molecular flexibility index (Phi) is 3.79. The molecule has 0 aliphatic heterocycles. The average molecular weight is 291 g/mol. The summed E-state index contributed by atoms with van der Waals surface area (Å²) in [7, 11) is 0. The Balaban J connectivity index is 2.45. The fourth-order valence-electron chi connectivity index (χ4n) is 2.65. The normalized spacial score (nSPS) is 26.2. The van der Waals surface area contributed by atoms with Crippen molar-refractivity contribution in [2.75, 3.05) is 0 Å². The number of carboxylic acid groups (broad SMARTS) is 1. The van der Waals surface area contributed by atoms with Crippen molar-refractivity contribution in [2.24, 2.45) is 10.8 Å². The number of hydrogen-bond donors (Lipinski definition) is 1. The molecule has 0 aromatic heterocycles. The molecule has 2 nitrogen and oxygen atoms in total. The van der Waals surface area contributed by atoms with Gasteiger partial charge in [-0.25, -0.2) is 0 Å². The van der Waals surface area contributed by atoms with Gasteiger partial charge < -0.3 is 5.11 Å². The van der Waals surface area contributed by atoms with Crippen LogP contribution in [0.2, 0.25) is 0 Å². The fraction of sp³-hybridized carbons (Fsp3) is 0.353. The smallest absolute Gasteiger partial charge is 0.315 e. The Labute approximate surface area is 124 Å². The van der Waals surface area contributed by atoms with Crippen LogP contribution in [0.4, 0.5) is 0 Å². The van der Waals surface area contributed by atoms with Gasteiger partial charge in [0.2, 0.25) is 0 Å². The summed E-state index contributed by atoms with van der Waals surface area (Å²) in [5.74, 6) is -0.885. The molecule has 3 heteroatoms. The Hall–Kier alpha value is -1.54. The maximum absolute atomic E-state index is 11.8. The van der Waals surface area contributed by atoms with Crippen molar-refractivity contribution in [3.63, 3.8) is 0 Å². The first kappa shape index (κ1) is 14.9. The van der Waals surface area contributed by atoms with Gasteiger partial charge in [0.05, 0.1) is 5.38 Å². The Morgan fingerprint density at radius 3 is 2.30 bits per heavy atom. The van der Waals surface area contributed by atoms with E-state index in [1.165, 1.54) is 0 Å². The van der Waals surface area contributed by atoms with Crippen molar-refractivity contribution >= 4 is 23.1 Å². The molecule has 0 spiro atoms. The number of halogens is 1. The van der Waals surface area contributed by atoms with Crippen molar-refractivity contribution < 1.29 is 9.90 Å². The largest absolute Gasteiger partial charge is 0.481 e. The van der Waals surface area contributed by atoms with E-state index in [1.807, 2.05) is 63.3 Å². The lowest BCUT2D eigenvalue weighted by Gasteiger charge is -2.43. The highest BCUT2D eigenvalue weighted by Crippen LogP contribution is 2.49. The second-order valence-corrected chi connectivity index (χ2v) is 6.62. The van der Waals surface area contributed by atoms with Crippen molar-refractivity contribution in [1.82, 2.24) is 0 Å². The number of alkyl halides is 1. The third-order valence-corrected chi connectivity index (χ3v) is 4.46. The molecule has 1 aliphatic rings. The summed E-state index contributed by atoms with van der Waals surface area (Å²) in [6.45, 7) is 5.71. The van der Waals surface area contributed by atoms with Crippen molar-refractivity contribution in [2.45, 2.75) is 26.1 Å². The zero-order chi connectivity index (χ0) is 15.0. The van der Waals surface area contributed by atoms with E-state index >= 15 is 0 Å². The molecule has 2 atom stereocenters. The first-order valence-electron chi connectivity index (χ1n) is 6.63. The number of carbonyl (C=O) groups is 1. The molecule has 1 N–H and O–H groups in total. The molecular weight excluding hydrogens is 272 g/mol. The van der Waals surface area contributed by atoms with Crippen LogP contribution >= 0.6 is 11.6 Å². The number of rotatable bonds is 2. The number of aliphatic carboxylic acids is 1. The van der Waals surface area contributed by atoms with Gasteiger partial charge in [0, 0.05) is 0 Å². The Bertz CT molecular complexity index is 566. The van der Waals surface area contributed by atoms with Gasteiger partial charge in [-0.3, -0.25) is 4.79 Å². The van der Waals surface area contributed by atoms with Crippen molar-refractivity contribution in [1.29, 1.82) is 0 Å². The Morgan fingerprint density at radius 1 is 1.25 bits per heavy atom. The minimum absolute atomic E-state index is 0.472. The maximum atomic E-state index is 11.8. The number of allylic oxidation sites excluding steroid dienone is 3. The lowest BCUT2D eigenvalue weighted by atomic mass is 9.62. The topological polar surface area (TPSA) is 37.3 Å². The van der Waals surface area contributed by atoms with Crippen molar-refractivity contribution in [3.05, 3.63) is 54.1 Å². The first-order chi connectivity index (χ1) is 9.29. The van der Waals surface area contributed by atoms with Crippen LogP contribution in [0.5, 0.6) is 0 Å². The summed E-state index contributed by atoms with van der Waals surface area (Å²) in [4.78, 5) is 11.8. The van der Waals surface area contributed by atoms with E-state index in [2.05, 4.69) is 0 Å². The Morgan fingerprint density at radius 2 is 1.85 bits per heavy atom. The molecule has 1 aromatic rings. The molecule has 0 amide bonds. The quantitative estimate of drug-likeness (QED) is 0.822. The van der Waals surface area contributed by atoms with Gasteiger partial charge in [-0.05, 0) is 16.6 Å². The summed E-state index contributed by atoms with van der Waals surface area (Å²) < 4.78 is 0. The van der Waals surface area contributed by atoms with Crippen LogP contribution in [-0.4, -0.2) is 16.5 Å². The zero-order valence-electron chi connectivity index (χ0n) is 11.9. The van der Waals surface area contributed by atoms with Gasteiger partial charge in [-0.2, -0.15) is 0 Å². The van der Waals surface area contributed by atoms with Crippen molar-refractivity contribution in [3.8, 4) is 0 Å². The van der Waals surface area contributed by atoms with Crippen LogP contribution in [0, 0.1) is 10.8 Å². The van der Waals surface area contributed by atoms with E-state index in [0.29, 0.717) is 0 Å². The second-order valence-electron chi connectivity index (χ2n) is 6.15. The molecule has 1 aromatic carbocycles. The monoisotopic (exact) mass is 290 g/mol. The van der Waals surface area contributed by atoms with E-state index in [9.17, 15) is 9.90 Å². The molecule has 0 saturated carbocycles. The number of benzene rings is 1. The molecule has 1 aliphatic carbocycles. The lowest BCUT2D eigenvalue weighted by Crippen LogP contribution is -2.48. The van der Waals surface area contributed by atoms with E-state index < -0.39 is 22.2 Å². The van der Waals surface area contributed by atoms with E-state index in [0.717, 1.165) is 11.1 Å². The van der Waals surface area contributed by atoms with Crippen LogP contribution in [0.25, 0.3) is 5.57 Å². The van der Waals surface area contributed by atoms with Crippen LogP contribution in [0.15, 0.2) is 48.6 Å². The minimum Gasteiger partial charge on any atom is -0.481 e. The molecule has 0 saturated heterocycles. The molecule has 2 rings (SSSR count).